The second-order valence-electron chi connectivity index (χ2n) is 4.76. The van der Waals surface area contributed by atoms with Gasteiger partial charge >= 0.3 is 0 Å². The Morgan fingerprint density at radius 3 is 2.50 bits per heavy atom. The quantitative estimate of drug-likeness (QED) is 0.462. The highest BCUT2D eigenvalue weighted by molar-refractivity contribution is 6.36. The fourth-order valence-corrected chi connectivity index (χ4v) is 2.94. The average molecular weight is 383 g/mol. The number of ether oxygens (including phenoxy) is 2. The second-order valence-corrected chi connectivity index (χ2v) is 6.01. The maximum absolute atomic E-state index is 9.47. The molecule has 2 aromatic rings. The van der Waals surface area contributed by atoms with Crippen molar-refractivity contribution >= 4 is 46.5 Å². The highest BCUT2D eigenvalue weighted by Gasteiger charge is 2.12. The predicted octanol–water partition coefficient (Wildman–Crippen LogP) is 6.12. The van der Waals surface area contributed by atoms with E-state index in [0.717, 1.165) is 0 Å². The number of hydrogen-bond acceptors (Lipinski definition) is 3. The fourth-order valence-electron chi connectivity index (χ4n) is 2.15. The molecule has 0 aliphatic carbocycles. The Bertz CT molecular complexity index is 826. The van der Waals surface area contributed by atoms with Crippen molar-refractivity contribution in [2.24, 2.45) is 0 Å². The molecule has 0 N–H and O–H groups in total. The summed E-state index contributed by atoms with van der Waals surface area (Å²) in [6.45, 7) is 2.33. The maximum Gasteiger partial charge on any atom is 0.179 e. The van der Waals surface area contributed by atoms with E-state index in [-0.39, 0.29) is 0 Å². The van der Waals surface area contributed by atoms with Crippen LogP contribution >= 0.6 is 34.8 Å². The van der Waals surface area contributed by atoms with Gasteiger partial charge in [-0.15, -0.1) is 0 Å². The lowest BCUT2D eigenvalue weighted by molar-refractivity contribution is 0.311. The van der Waals surface area contributed by atoms with Gasteiger partial charge in [-0.1, -0.05) is 40.9 Å². The zero-order chi connectivity index (χ0) is 17.7. The van der Waals surface area contributed by atoms with Gasteiger partial charge in [0, 0.05) is 10.6 Å². The van der Waals surface area contributed by atoms with Gasteiger partial charge in [-0.3, -0.25) is 0 Å². The summed E-state index contributed by atoms with van der Waals surface area (Å²) in [5.74, 6) is 0.969. The van der Waals surface area contributed by atoms with Crippen molar-refractivity contribution in [3.63, 3.8) is 0 Å². The van der Waals surface area contributed by atoms with E-state index in [4.69, 9.17) is 44.3 Å². The van der Waals surface area contributed by atoms with E-state index < -0.39 is 0 Å². The van der Waals surface area contributed by atoms with E-state index >= 15 is 0 Å². The van der Waals surface area contributed by atoms with Crippen LogP contribution in [0.1, 0.15) is 18.1 Å². The molecule has 6 heteroatoms. The van der Waals surface area contributed by atoms with Gasteiger partial charge in [0.2, 0.25) is 0 Å². The van der Waals surface area contributed by atoms with Gasteiger partial charge in [-0.25, -0.2) is 0 Å². The van der Waals surface area contributed by atoms with Crippen LogP contribution in [0, 0.1) is 11.3 Å². The highest BCUT2D eigenvalue weighted by atomic mass is 35.5. The molecule has 3 nitrogen and oxygen atoms in total. The molecule has 0 aliphatic rings. The predicted molar refractivity (Wildman–Crippen MR) is 99.1 cm³/mol. The monoisotopic (exact) mass is 381 g/mol. The molecular weight excluding hydrogens is 369 g/mol. The van der Waals surface area contributed by atoms with Gasteiger partial charge in [0.25, 0.3) is 0 Å². The van der Waals surface area contributed by atoms with Crippen molar-refractivity contribution in [2.45, 2.75) is 6.92 Å². The molecule has 0 unspecified atom stereocenters. The van der Waals surface area contributed by atoms with Crippen LogP contribution in [0.2, 0.25) is 15.1 Å². The van der Waals surface area contributed by atoms with Crippen LogP contribution in [-0.2, 0) is 0 Å². The average Bonchev–Trinajstić information content (AvgIpc) is 2.55. The third-order valence-electron chi connectivity index (χ3n) is 3.19. The summed E-state index contributed by atoms with van der Waals surface area (Å²) in [5, 5.41) is 10.8. The van der Waals surface area contributed by atoms with Crippen molar-refractivity contribution in [3.05, 3.63) is 56.5 Å². The van der Waals surface area contributed by atoms with Gasteiger partial charge < -0.3 is 9.47 Å². The first kappa shape index (κ1) is 18.5. The highest BCUT2D eigenvalue weighted by Crippen LogP contribution is 2.37. The van der Waals surface area contributed by atoms with E-state index in [1.54, 1.807) is 36.4 Å². The van der Waals surface area contributed by atoms with Gasteiger partial charge in [0.05, 0.1) is 35.4 Å². The summed E-state index contributed by atoms with van der Waals surface area (Å²) in [6, 6.07) is 10.6. The first-order chi connectivity index (χ1) is 11.5. The van der Waals surface area contributed by atoms with E-state index in [1.165, 1.54) is 7.11 Å². The first-order valence-corrected chi connectivity index (χ1v) is 8.21. The van der Waals surface area contributed by atoms with Crippen LogP contribution in [0.25, 0.3) is 11.6 Å². The number of halogens is 3. The van der Waals surface area contributed by atoms with E-state index in [2.05, 4.69) is 6.07 Å². The minimum absolute atomic E-state index is 0.388. The Kier molecular flexibility index (Phi) is 6.39. The molecule has 2 aromatic carbocycles. The first-order valence-electron chi connectivity index (χ1n) is 7.07. The Hall–Kier alpha value is -1.86. The van der Waals surface area contributed by atoms with E-state index in [9.17, 15) is 5.26 Å². The van der Waals surface area contributed by atoms with Crippen LogP contribution in [-0.4, -0.2) is 13.7 Å². The van der Waals surface area contributed by atoms with E-state index in [1.807, 2.05) is 6.92 Å². The molecule has 0 aromatic heterocycles. The molecule has 0 saturated heterocycles. The van der Waals surface area contributed by atoms with Crippen LogP contribution in [0.3, 0.4) is 0 Å². The SMILES string of the molecule is CCOc1c(Cl)cc(/C=C(\C#N)c2ccc(Cl)cc2Cl)cc1OC. The zero-order valence-corrected chi connectivity index (χ0v) is 15.3. The van der Waals surface area contributed by atoms with Crippen LogP contribution in [0.5, 0.6) is 11.5 Å². The Morgan fingerprint density at radius 2 is 1.92 bits per heavy atom. The number of nitriles is 1. The van der Waals surface area contributed by atoms with Crippen molar-refractivity contribution in [1.82, 2.24) is 0 Å². The minimum atomic E-state index is 0.388. The van der Waals surface area contributed by atoms with Crippen molar-refractivity contribution in [3.8, 4) is 17.6 Å². The van der Waals surface area contributed by atoms with Crippen molar-refractivity contribution in [1.29, 1.82) is 5.26 Å². The molecule has 0 atom stereocenters. The normalized spacial score (nSPS) is 11.1. The Labute approximate surface area is 156 Å². The van der Waals surface area contributed by atoms with Gasteiger partial charge in [-0.05, 0) is 42.8 Å². The molecule has 0 radical (unpaired) electrons. The Morgan fingerprint density at radius 1 is 1.17 bits per heavy atom. The molecule has 0 bridgehead atoms. The third-order valence-corrected chi connectivity index (χ3v) is 4.02. The third kappa shape index (κ3) is 4.15. The molecule has 2 rings (SSSR count). The molecule has 0 fully saturated rings. The van der Waals surface area contributed by atoms with Crippen molar-refractivity contribution < 1.29 is 9.47 Å². The maximum atomic E-state index is 9.47. The zero-order valence-electron chi connectivity index (χ0n) is 13.1. The number of rotatable bonds is 5. The van der Waals surface area contributed by atoms with Crippen LogP contribution in [0.4, 0.5) is 0 Å². The standard InChI is InChI=1S/C18H14Cl3NO2/c1-3-24-18-16(21)7-11(8-17(18)23-2)6-12(10-22)14-5-4-13(19)9-15(14)20/h4-9H,3H2,1-2H3/b12-6+. The second kappa shape index (κ2) is 8.30. The number of benzene rings is 2. The summed E-state index contributed by atoms with van der Waals surface area (Å²) in [6.07, 6.45) is 1.68. The lowest BCUT2D eigenvalue weighted by Crippen LogP contribution is -1.97. The molecular formula is C18H14Cl3NO2. The van der Waals surface area contributed by atoms with Crippen LogP contribution in [0.15, 0.2) is 30.3 Å². The van der Waals surface area contributed by atoms with Crippen LogP contribution < -0.4 is 9.47 Å². The Balaban J connectivity index is 2.52. The molecule has 0 spiro atoms. The number of hydrogen-bond donors (Lipinski definition) is 0. The summed E-state index contributed by atoms with van der Waals surface area (Å²) in [7, 11) is 1.53. The fraction of sp³-hybridized carbons (Fsp3) is 0.167. The topological polar surface area (TPSA) is 42.2 Å². The molecule has 124 valence electrons. The summed E-state index contributed by atoms with van der Waals surface area (Å²) in [4.78, 5) is 0. The minimum Gasteiger partial charge on any atom is -0.493 e. The van der Waals surface area contributed by atoms with E-state index in [0.29, 0.717) is 49.9 Å². The largest absolute Gasteiger partial charge is 0.493 e. The molecule has 0 saturated carbocycles. The number of nitrogens with zero attached hydrogens (tertiary/aromatic N) is 1. The molecule has 0 amide bonds. The molecule has 0 heterocycles. The smallest absolute Gasteiger partial charge is 0.179 e. The van der Waals surface area contributed by atoms with Gasteiger partial charge in [0.15, 0.2) is 11.5 Å². The summed E-state index contributed by atoms with van der Waals surface area (Å²) < 4.78 is 10.8. The van der Waals surface area contributed by atoms with Gasteiger partial charge in [-0.2, -0.15) is 5.26 Å². The summed E-state index contributed by atoms with van der Waals surface area (Å²) in [5.41, 5.74) is 1.68. The number of allylic oxidation sites excluding steroid dienone is 1. The molecule has 24 heavy (non-hydrogen) atoms. The van der Waals surface area contributed by atoms with Gasteiger partial charge in [0.1, 0.15) is 0 Å². The van der Waals surface area contributed by atoms with Crippen molar-refractivity contribution in [2.75, 3.05) is 13.7 Å². The number of methoxy groups -OCH3 is 1. The lowest BCUT2D eigenvalue weighted by Gasteiger charge is -2.12. The summed E-state index contributed by atoms with van der Waals surface area (Å²) >= 11 is 18.3. The molecule has 0 aliphatic heterocycles. The lowest BCUT2D eigenvalue weighted by atomic mass is 10.0.